The lowest BCUT2D eigenvalue weighted by molar-refractivity contribution is -0.301. The summed E-state index contributed by atoms with van der Waals surface area (Å²) < 4.78 is 59.2. The number of esters is 1. The van der Waals surface area contributed by atoms with Crippen LogP contribution in [0.3, 0.4) is 0 Å². The highest BCUT2D eigenvalue weighted by molar-refractivity contribution is 7.80. The van der Waals surface area contributed by atoms with Crippen LogP contribution in [0.5, 0.6) is 0 Å². The fraction of sp³-hybridized carbons (Fsp3) is 0.863. The van der Waals surface area contributed by atoms with E-state index in [1.807, 2.05) is 0 Å². The van der Waals surface area contributed by atoms with Crippen LogP contribution in [0.4, 0.5) is 0 Å². The molecule has 4 N–H and O–H groups in total. The number of rotatable bonds is 45. The standard InChI is InChI=1S/C51H94O12S/c1-3-5-7-9-11-13-15-17-19-21-23-25-27-29-31-33-35-37-39-41-59-43-45(44-60-51-49(55)50(63-64(56,57)58)48(54)46(42-52)62-51)61-47(53)40-38-36-34-32-30-28-26-24-22-20-18-16-14-12-10-8-6-4-2/h14,16,19-22,45-46,48-52,54-55H,3-13,15,17-18,23-44H2,1-2H3,(H,56,57,58)/b16-14-,21-19-,22-20-. The summed E-state index contributed by atoms with van der Waals surface area (Å²) in [5.74, 6) is -0.406. The van der Waals surface area contributed by atoms with E-state index in [1.165, 1.54) is 141 Å². The molecule has 0 radical (unpaired) electrons. The summed E-state index contributed by atoms with van der Waals surface area (Å²) in [5, 5.41) is 30.7. The van der Waals surface area contributed by atoms with E-state index < -0.39 is 59.8 Å². The van der Waals surface area contributed by atoms with Gasteiger partial charge in [0.25, 0.3) is 0 Å². The van der Waals surface area contributed by atoms with Gasteiger partial charge in [-0.05, 0) is 70.6 Å². The molecule has 0 saturated carbocycles. The summed E-state index contributed by atoms with van der Waals surface area (Å²) in [6.07, 6.45) is 41.7. The Balaban J connectivity index is 2.37. The SMILES string of the molecule is CCCCCC/C=C\C/C=C\CCCCCCCCCC(=O)OC(COCCCCCCCCCC/C=C\CCCCCCCCC)COC1OC(CO)C(O)C(OS(=O)(=O)O)C1O. The minimum atomic E-state index is -5.07. The molecule has 0 aliphatic carbocycles. The van der Waals surface area contributed by atoms with Crippen molar-refractivity contribution >= 4 is 16.4 Å². The first-order valence-corrected chi connectivity index (χ1v) is 27.1. The largest absolute Gasteiger partial charge is 0.457 e. The Bertz CT molecular complexity index is 1260. The average molecular weight is 931 g/mol. The van der Waals surface area contributed by atoms with E-state index in [-0.39, 0.29) is 19.6 Å². The number of aliphatic hydroxyl groups excluding tert-OH is 3. The van der Waals surface area contributed by atoms with Crippen LogP contribution in [0.2, 0.25) is 0 Å². The highest BCUT2D eigenvalue weighted by Gasteiger charge is 2.48. The van der Waals surface area contributed by atoms with Crippen molar-refractivity contribution in [3.63, 3.8) is 0 Å². The third kappa shape index (κ3) is 35.5. The maximum atomic E-state index is 12.9. The number of aliphatic hydroxyl groups is 3. The first-order valence-electron chi connectivity index (χ1n) is 25.7. The second-order valence-electron chi connectivity index (χ2n) is 17.8. The molecule has 0 amide bonds. The van der Waals surface area contributed by atoms with E-state index in [2.05, 4.69) is 54.5 Å². The highest BCUT2D eigenvalue weighted by Crippen LogP contribution is 2.26. The Labute approximate surface area is 390 Å². The van der Waals surface area contributed by atoms with Crippen molar-refractivity contribution in [2.75, 3.05) is 26.4 Å². The fourth-order valence-corrected chi connectivity index (χ4v) is 8.32. The second kappa shape index (κ2) is 42.7. The number of ether oxygens (including phenoxy) is 4. The molecule has 1 heterocycles. The van der Waals surface area contributed by atoms with Gasteiger partial charge in [-0.2, -0.15) is 8.42 Å². The van der Waals surface area contributed by atoms with Crippen molar-refractivity contribution in [2.24, 2.45) is 0 Å². The van der Waals surface area contributed by atoms with Gasteiger partial charge in [0.15, 0.2) is 6.29 Å². The van der Waals surface area contributed by atoms with Crippen LogP contribution < -0.4 is 0 Å². The van der Waals surface area contributed by atoms with Gasteiger partial charge < -0.3 is 34.3 Å². The van der Waals surface area contributed by atoms with Crippen molar-refractivity contribution in [3.8, 4) is 0 Å². The third-order valence-corrected chi connectivity index (χ3v) is 12.2. The van der Waals surface area contributed by atoms with Crippen LogP contribution in [0.25, 0.3) is 0 Å². The molecule has 13 heteroatoms. The Hall–Kier alpha value is -1.68. The first-order chi connectivity index (χ1) is 31.1. The molecular weight excluding hydrogens is 837 g/mol. The summed E-state index contributed by atoms with van der Waals surface area (Å²) >= 11 is 0. The lowest BCUT2D eigenvalue weighted by Crippen LogP contribution is -2.60. The van der Waals surface area contributed by atoms with E-state index >= 15 is 0 Å². The van der Waals surface area contributed by atoms with Gasteiger partial charge in [-0.25, -0.2) is 4.18 Å². The molecule has 64 heavy (non-hydrogen) atoms. The molecule has 376 valence electrons. The van der Waals surface area contributed by atoms with Gasteiger partial charge in [-0.3, -0.25) is 9.35 Å². The van der Waals surface area contributed by atoms with E-state index in [0.29, 0.717) is 13.0 Å². The number of hydrogen-bond donors (Lipinski definition) is 4. The summed E-state index contributed by atoms with van der Waals surface area (Å²) in [6, 6.07) is 0. The third-order valence-electron chi connectivity index (χ3n) is 11.7. The molecule has 1 rings (SSSR count). The predicted molar refractivity (Wildman–Crippen MR) is 257 cm³/mol. The summed E-state index contributed by atoms with van der Waals surface area (Å²) in [7, 11) is -5.07. The van der Waals surface area contributed by atoms with E-state index in [1.54, 1.807) is 0 Å². The lowest BCUT2D eigenvalue weighted by atomic mass is 9.99. The van der Waals surface area contributed by atoms with Gasteiger partial charge in [0.2, 0.25) is 0 Å². The van der Waals surface area contributed by atoms with Crippen molar-refractivity contribution in [2.45, 2.75) is 256 Å². The van der Waals surface area contributed by atoms with Gasteiger partial charge in [-0.1, -0.05) is 179 Å². The van der Waals surface area contributed by atoms with Crippen molar-refractivity contribution in [3.05, 3.63) is 36.5 Å². The second-order valence-corrected chi connectivity index (χ2v) is 18.8. The van der Waals surface area contributed by atoms with Gasteiger partial charge in [0, 0.05) is 13.0 Å². The molecule has 1 aliphatic rings. The summed E-state index contributed by atoms with van der Waals surface area (Å²) in [5.41, 5.74) is 0. The quantitative estimate of drug-likeness (QED) is 0.0197. The number of hydrogen-bond acceptors (Lipinski definition) is 11. The number of carbonyl (C=O) groups is 1. The molecule has 1 aliphatic heterocycles. The van der Waals surface area contributed by atoms with Crippen molar-refractivity contribution < 1.29 is 56.2 Å². The minimum absolute atomic E-state index is 0.0318. The molecule has 6 unspecified atom stereocenters. The zero-order valence-electron chi connectivity index (χ0n) is 40.3. The Morgan fingerprint density at radius 1 is 0.594 bits per heavy atom. The maximum Gasteiger partial charge on any atom is 0.397 e. The zero-order valence-corrected chi connectivity index (χ0v) is 41.2. The monoisotopic (exact) mass is 931 g/mol. The Morgan fingerprint density at radius 2 is 1.03 bits per heavy atom. The van der Waals surface area contributed by atoms with Crippen LogP contribution in [0.15, 0.2) is 36.5 Å². The molecule has 0 bridgehead atoms. The molecule has 1 fully saturated rings. The lowest BCUT2D eigenvalue weighted by Gasteiger charge is -2.41. The maximum absolute atomic E-state index is 12.9. The first kappa shape index (κ1) is 60.3. The zero-order chi connectivity index (χ0) is 46.8. The van der Waals surface area contributed by atoms with Gasteiger partial charge in [0.1, 0.15) is 30.5 Å². The fourth-order valence-electron chi connectivity index (χ4n) is 7.82. The van der Waals surface area contributed by atoms with Gasteiger partial charge in [-0.15, -0.1) is 0 Å². The molecule has 0 aromatic heterocycles. The molecule has 12 nitrogen and oxygen atoms in total. The van der Waals surface area contributed by atoms with Crippen LogP contribution in [-0.2, 0) is 38.3 Å². The van der Waals surface area contributed by atoms with Crippen LogP contribution in [0.1, 0.15) is 219 Å². The van der Waals surface area contributed by atoms with E-state index in [0.717, 1.165) is 51.4 Å². The molecular formula is C51H94O12S. The predicted octanol–water partition coefficient (Wildman–Crippen LogP) is 11.7. The summed E-state index contributed by atoms with van der Waals surface area (Å²) in [6.45, 7) is 3.98. The van der Waals surface area contributed by atoms with Gasteiger partial charge >= 0.3 is 16.4 Å². The van der Waals surface area contributed by atoms with Crippen LogP contribution in [0, 0.1) is 0 Å². The van der Waals surface area contributed by atoms with Gasteiger partial charge in [0.05, 0.1) is 19.8 Å². The van der Waals surface area contributed by atoms with E-state index in [9.17, 15) is 33.1 Å². The molecule has 0 aromatic rings. The smallest absolute Gasteiger partial charge is 0.397 e. The van der Waals surface area contributed by atoms with Crippen LogP contribution in [-0.4, -0.2) is 97.5 Å². The Kier molecular flexibility index (Phi) is 40.2. The van der Waals surface area contributed by atoms with E-state index in [4.69, 9.17) is 18.9 Å². The molecule has 0 aromatic carbocycles. The normalized spacial score (nSPS) is 20.0. The van der Waals surface area contributed by atoms with Crippen LogP contribution >= 0.6 is 0 Å². The number of carbonyl (C=O) groups excluding carboxylic acids is 1. The molecule has 1 saturated heterocycles. The molecule has 6 atom stereocenters. The summed E-state index contributed by atoms with van der Waals surface area (Å²) in [4.78, 5) is 12.9. The number of allylic oxidation sites excluding steroid dienone is 6. The van der Waals surface area contributed by atoms with Crippen molar-refractivity contribution in [1.29, 1.82) is 0 Å². The number of unbranched alkanes of at least 4 members (excludes halogenated alkanes) is 26. The Morgan fingerprint density at radius 3 is 1.52 bits per heavy atom. The molecule has 0 spiro atoms. The van der Waals surface area contributed by atoms with Crippen molar-refractivity contribution in [1.82, 2.24) is 0 Å². The highest BCUT2D eigenvalue weighted by atomic mass is 32.3. The topological polar surface area (TPSA) is 178 Å². The average Bonchev–Trinajstić information content (AvgIpc) is 3.27. The minimum Gasteiger partial charge on any atom is -0.457 e.